The molecular formula is C17H28N2O2. The molecule has 0 bridgehead atoms. The summed E-state index contributed by atoms with van der Waals surface area (Å²) < 4.78 is 11.4. The molecule has 0 spiro atoms. The van der Waals surface area contributed by atoms with E-state index in [0.717, 1.165) is 17.7 Å². The Morgan fingerprint density at radius 2 is 2.05 bits per heavy atom. The van der Waals surface area contributed by atoms with Gasteiger partial charge in [0.15, 0.2) is 0 Å². The van der Waals surface area contributed by atoms with Crippen LogP contribution in [0.1, 0.15) is 57.1 Å². The lowest BCUT2D eigenvalue weighted by Gasteiger charge is -2.33. The molecule has 1 aromatic rings. The smallest absolute Gasteiger partial charge is 0.137 e. The number of nitrogens with zero attached hydrogens (tertiary/aromatic N) is 1. The first-order valence-electron chi connectivity index (χ1n) is 8.12. The van der Waals surface area contributed by atoms with Crippen LogP contribution >= 0.6 is 0 Å². The molecule has 1 aliphatic rings. The standard InChI is InChI=1S/C17H28N2O2/c1-3-9-21-15-10-14(11-19-12-15)16(18)17(20-2)13-7-5-4-6-8-13/h10-13,16-17H,3-9,18H2,1-2H3. The molecule has 118 valence electrons. The van der Waals surface area contributed by atoms with Gasteiger partial charge >= 0.3 is 0 Å². The predicted molar refractivity (Wildman–Crippen MR) is 84.3 cm³/mol. The third-order valence-corrected chi connectivity index (χ3v) is 4.33. The summed E-state index contributed by atoms with van der Waals surface area (Å²) in [6, 6.07) is 1.86. The first-order chi connectivity index (χ1) is 10.3. The Kier molecular flexibility index (Phi) is 6.46. The zero-order chi connectivity index (χ0) is 15.1. The number of hydrogen-bond donors (Lipinski definition) is 1. The fourth-order valence-electron chi connectivity index (χ4n) is 3.20. The number of pyridine rings is 1. The van der Waals surface area contributed by atoms with E-state index in [1.807, 2.05) is 12.3 Å². The number of aromatic nitrogens is 1. The van der Waals surface area contributed by atoms with E-state index in [0.29, 0.717) is 12.5 Å². The van der Waals surface area contributed by atoms with Gasteiger partial charge in [0, 0.05) is 13.3 Å². The molecule has 2 N–H and O–H groups in total. The summed E-state index contributed by atoms with van der Waals surface area (Å²) in [7, 11) is 1.77. The molecule has 1 fully saturated rings. The average Bonchev–Trinajstić information content (AvgIpc) is 2.55. The van der Waals surface area contributed by atoms with E-state index in [1.54, 1.807) is 13.3 Å². The number of ether oxygens (including phenoxy) is 2. The molecule has 0 radical (unpaired) electrons. The highest BCUT2D eigenvalue weighted by molar-refractivity contribution is 5.26. The highest BCUT2D eigenvalue weighted by Crippen LogP contribution is 2.33. The van der Waals surface area contributed by atoms with Crippen LogP contribution in [0.2, 0.25) is 0 Å². The lowest BCUT2D eigenvalue weighted by Crippen LogP contribution is -2.36. The second-order valence-corrected chi connectivity index (χ2v) is 5.93. The van der Waals surface area contributed by atoms with Gasteiger partial charge in [-0.05, 0) is 36.8 Å². The first-order valence-corrected chi connectivity index (χ1v) is 8.12. The summed E-state index contributed by atoms with van der Waals surface area (Å²) >= 11 is 0. The van der Waals surface area contributed by atoms with Crippen molar-refractivity contribution >= 4 is 0 Å². The van der Waals surface area contributed by atoms with Crippen LogP contribution in [0, 0.1) is 5.92 Å². The number of methoxy groups -OCH3 is 1. The Bertz CT molecular complexity index is 419. The van der Waals surface area contributed by atoms with Crippen molar-refractivity contribution in [1.82, 2.24) is 4.98 Å². The molecule has 1 saturated carbocycles. The molecule has 2 rings (SSSR count). The van der Waals surface area contributed by atoms with Gasteiger partial charge in [-0.25, -0.2) is 0 Å². The molecule has 21 heavy (non-hydrogen) atoms. The molecule has 2 atom stereocenters. The molecule has 0 aromatic carbocycles. The van der Waals surface area contributed by atoms with Crippen LogP contribution < -0.4 is 10.5 Å². The van der Waals surface area contributed by atoms with E-state index >= 15 is 0 Å². The maximum absolute atomic E-state index is 6.46. The van der Waals surface area contributed by atoms with Crippen molar-refractivity contribution in [2.75, 3.05) is 13.7 Å². The van der Waals surface area contributed by atoms with Gasteiger partial charge in [-0.2, -0.15) is 0 Å². The third kappa shape index (κ3) is 4.42. The Morgan fingerprint density at radius 1 is 1.29 bits per heavy atom. The second kappa shape index (κ2) is 8.35. The van der Waals surface area contributed by atoms with E-state index in [9.17, 15) is 0 Å². The molecule has 1 heterocycles. The lowest BCUT2D eigenvalue weighted by molar-refractivity contribution is 0.0171. The molecule has 0 saturated heterocycles. The summed E-state index contributed by atoms with van der Waals surface area (Å²) in [6.45, 7) is 2.80. The van der Waals surface area contributed by atoms with Crippen LogP contribution in [0.4, 0.5) is 0 Å². The Labute approximate surface area is 128 Å². The molecule has 1 aromatic heterocycles. The van der Waals surface area contributed by atoms with Crippen molar-refractivity contribution < 1.29 is 9.47 Å². The van der Waals surface area contributed by atoms with Crippen LogP contribution in [-0.4, -0.2) is 24.8 Å². The number of nitrogens with two attached hydrogens (primary N) is 1. The van der Waals surface area contributed by atoms with E-state index in [1.165, 1.54) is 32.1 Å². The fourth-order valence-corrected chi connectivity index (χ4v) is 3.20. The van der Waals surface area contributed by atoms with E-state index in [-0.39, 0.29) is 12.1 Å². The third-order valence-electron chi connectivity index (χ3n) is 4.33. The largest absolute Gasteiger partial charge is 0.492 e. The molecule has 0 aliphatic heterocycles. The van der Waals surface area contributed by atoms with Gasteiger partial charge in [0.1, 0.15) is 5.75 Å². The summed E-state index contributed by atoms with van der Waals surface area (Å²) in [5, 5.41) is 0. The van der Waals surface area contributed by atoms with E-state index in [2.05, 4.69) is 11.9 Å². The van der Waals surface area contributed by atoms with Gasteiger partial charge in [-0.15, -0.1) is 0 Å². The van der Waals surface area contributed by atoms with Gasteiger partial charge < -0.3 is 15.2 Å². The predicted octanol–water partition coefficient (Wildman–Crippen LogP) is 3.47. The minimum absolute atomic E-state index is 0.0634. The summed E-state index contributed by atoms with van der Waals surface area (Å²) in [4.78, 5) is 4.26. The Balaban J connectivity index is 2.07. The monoisotopic (exact) mass is 292 g/mol. The van der Waals surface area contributed by atoms with Gasteiger partial charge in [0.2, 0.25) is 0 Å². The molecular weight excluding hydrogens is 264 g/mol. The maximum atomic E-state index is 6.46. The van der Waals surface area contributed by atoms with Crippen molar-refractivity contribution in [3.05, 3.63) is 24.0 Å². The quantitative estimate of drug-likeness (QED) is 0.836. The minimum Gasteiger partial charge on any atom is -0.492 e. The van der Waals surface area contributed by atoms with Gasteiger partial charge in [0.25, 0.3) is 0 Å². The summed E-state index contributed by atoms with van der Waals surface area (Å²) in [6.07, 6.45) is 11.0. The number of hydrogen-bond acceptors (Lipinski definition) is 4. The van der Waals surface area contributed by atoms with E-state index in [4.69, 9.17) is 15.2 Å². The minimum atomic E-state index is -0.143. The van der Waals surface area contributed by atoms with Gasteiger partial charge in [-0.3, -0.25) is 4.98 Å². The van der Waals surface area contributed by atoms with Crippen LogP contribution in [0.5, 0.6) is 5.75 Å². The fraction of sp³-hybridized carbons (Fsp3) is 0.706. The Morgan fingerprint density at radius 3 is 2.71 bits per heavy atom. The Hall–Kier alpha value is -1.13. The van der Waals surface area contributed by atoms with Crippen molar-refractivity contribution in [2.45, 2.75) is 57.6 Å². The van der Waals surface area contributed by atoms with Crippen molar-refractivity contribution in [3.8, 4) is 5.75 Å². The topological polar surface area (TPSA) is 57.4 Å². The molecule has 2 unspecified atom stereocenters. The van der Waals surface area contributed by atoms with Gasteiger partial charge in [-0.1, -0.05) is 26.2 Å². The lowest BCUT2D eigenvalue weighted by atomic mass is 9.81. The van der Waals surface area contributed by atoms with Crippen LogP contribution in [-0.2, 0) is 4.74 Å². The second-order valence-electron chi connectivity index (χ2n) is 5.93. The van der Waals surface area contributed by atoms with Crippen molar-refractivity contribution in [3.63, 3.8) is 0 Å². The number of rotatable bonds is 7. The van der Waals surface area contributed by atoms with Crippen LogP contribution in [0.25, 0.3) is 0 Å². The van der Waals surface area contributed by atoms with Crippen molar-refractivity contribution in [2.24, 2.45) is 11.7 Å². The maximum Gasteiger partial charge on any atom is 0.137 e. The molecule has 0 amide bonds. The highest BCUT2D eigenvalue weighted by Gasteiger charge is 2.29. The summed E-state index contributed by atoms with van der Waals surface area (Å²) in [5.41, 5.74) is 7.46. The SMILES string of the molecule is CCCOc1cncc(C(N)C(OC)C2CCCCC2)c1. The highest BCUT2D eigenvalue weighted by atomic mass is 16.5. The molecule has 1 aliphatic carbocycles. The van der Waals surface area contributed by atoms with Crippen LogP contribution in [0.15, 0.2) is 18.5 Å². The van der Waals surface area contributed by atoms with Crippen LogP contribution in [0.3, 0.4) is 0 Å². The van der Waals surface area contributed by atoms with Crippen molar-refractivity contribution in [1.29, 1.82) is 0 Å². The zero-order valence-electron chi connectivity index (χ0n) is 13.3. The summed E-state index contributed by atoms with van der Waals surface area (Å²) in [5.74, 6) is 1.35. The zero-order valence-corrected chi connectivity index (χ0v) is 13.3. The normalized spacial score (nSPS) is 19.2. The first kappa shape index (κ1) is 16.2. The van der Waals surface area contributed by atoms with Gasteiger partial charge in [0.05, 0.1) is 24.9 Å². The van der Waals surface area contributed by atoms with E-state index < -0.39 is 0 Å². The molecule has 4 heteroatoms. The molecule has 4 nitrogen and oxygen atoms in total. The average molecular weight is 292 g/mol.